The van der Waals surface area contributed by atoms with Crippen molar-refractivity contribution in [3.63, 3.8) is 0 Å². The molecule has 1 aromatic heterocycles. The monoisotopic (exact) mass is 322 g/mol. The highest BCUT2D eigenvalue weighted by Crippen LogP contribution is 2.49. The first-order valence-corrected chi connectivity index (χ1v) is 7.17. The molecule has 1 saturated carbocycles. The first kappa shape index (κ1) is 12.7. The molecule has 0 bridgehead atoms. The molecule has 0 radical (unpaired) electrons. The van der Waals surface area contributed by atoms with Gasteiger partial charge in [0.2, 0.25) is 0 Å². The Balaban J connectivity index is 2.11. The zero-order valence-corrected chi connectivity index (χ0v) is 12.5. The van der Waals surface area contributed by atoms with E-state index in [4.69, 9.17) is 4.74 Å². The van der Waals surface area contributed by atoms with Crippen LogP contribution in [0.2, 0.25) is 0 Å². The summed E-state index contributed by atoms with van der Waals surface area (Å²) in [6, 6.07) is 5.97. The molecule has 100 valence electrons. The topological polar surface area (TPSA) is 44.1 Å². The highest BCUT2D eigenvalue weighted by Gasteiger charge is 2.56. The Bertz CT molecular complexity index is 659. The smallest absolute Gasteiger partial charge is 0.319 e. The summed E-state index contributed by atoms with van der Waals surface area (Å²) in [5.41, 5.74) is 1.42. The Hall–Kier alpha value is -1.36. The first-order valence-electron chi connectivity index (χ1n) is 6.38. The van der Waals surface area contributed by atoms with E-state index in [0.717, 1.165) is 34.2 Å². The van der Waals surface area contributed by atoms with Crippen LogP contribution in [0.5, 0.6) is 0 Å². The summed E-state index contributed by atoms with van der Waals surface area (Å²) in [5.74, 6) is 0.673. The first-order chi connectivity index (χ1) is 9.08. The van der Waals surface area contributed by atoms with Crippen LogP contribution in [-0.2, 0) is 22.0 Å². The molecule has 0 saturated heterocycles. The van der Waals surface area contributed by atoms with E-state index in [9.17, 15) is 4.79 Å². The van der Waals surface area contributed by atoms with E-state index in [1.54, 1.807) is 0 Å². The zero-order valence-electron chi connectivity index (χ0n) is 10.9. The van der Waals surface area contributed by atoms with E-state index in [1.807, 2.05) is 36.7 Å². The van der Waals surface area contributed by atoms with Gasteiger partial charge in [-0.3, -0.25) is 4.79 Å². The molecular weight excluding hydrogens is 308 g/mol. The molecular formula is C14H15BrN2O2. The van der Waals surface area contributed by atoms with Gasteiger partial charge in [0, 0.05) is 11.5 Å². The highest BCUT2D eigenvalue weighted by molar-refractivity contribution is 9.10. The second-order valence-electron chi connectivity index (χ2n) is 4.93. The molecule has 19 heavy (non-hydrogen) atoms. The van der Waals surface area contributed by atoms with Gasteiger partial charge in [0.1, 0.15) is 11.2 Å². The van der Waals surface area contributed by atoms with Crippen molar-refractivity contribution in [2.24, 2.45) is 7.05 Å². The van der Waals surface area contributed by atoms with Gasteiger partial charge in [-0.2, -0.15) is 0 Å². The number of aromatic nitrogens is 2. The molecule has 0 N–H and O–H groups in total. The minimum Gasteiger partial charge on any atom is -0.465 e. The van der Waals surface area contributed by atoms with Crippen LogP contribution in [0.4, 0.5) is 0 Å². The highest BCUT2D eigenvalue weighted by atomic mass is 79.9. The molecule has 0 unspecified atom stereocenters. The van der Waals surface area contributed by atoms with Crippen LogP contribution in [0.25, 0.3) is 11.0 Å². The quantitative estimate of drug-likeness (QED) is 0.816. The summed E-state index contributed by atoms with van der Waals surface area (Å²) in [4.78, 5) is 16.8. The maximum absolute atomic E-state index is 12.1. The lowest BCUT2D eigenvalue weighted by molar-refractivity contribution is -0.146. The minimum atomic E-state index is -0.518. The van der Waals surface area contributed by atoms with Gasteiger partial charge in [0.25, 0.3) is 0 Å². The molecule has 1 aromatic carbocycles. The van der Waals surface area contributed by atoms with E-state index < -0.39 is 5.41 Å². The van der Waals surface area contributed by atoms with Gasteiger partial charge >= 0.3 is 5.97 Å². The molecule has 1 aliphatic rings. The third-order valence-corrected chi connectivity index (χ3v) is 4.18. The van der Waals surface area contributed by atoms with Crippen molar-refractivity contribution in [2.45, 2.75) is 25.2 Å². The van der Waals surface area contributed by atoms with E-state index in [2.05, 4.69) is 20.9 Å². The Labute approximate surface area is 119 Å². The van der Waals surface area contributed by atoms with E-state index in [1.165, 1.54) is 0 Å². The summed E-state index contributed by atoms with van der Waals surface area (Å²) in [7, 11) is 1.96. The third kappa shape index (κ3) is 1.87. The molecule has 1 fully saturated rings. The number of rotatable bonds is 3. The van der Waals surface area contributed by atoms with Crippen molar-refractivity contribution in [2.75, 3.05) is 6.61 Å². The van der Waals surface area contributed by atoms with Gasteiger partial charge in [-0.15, -0.1) is 0 Å². The van der Waals surface area contributed by atoms with Crippen LogP contribution in [0.1, 0.15) is 25.6 Å². The van der Waals surface area contributed by atoms with Crippen molar-refractivity contribution in [3.8, 4) is 0 Å². The predicted octanol–water partition coefficient (Wildman–Crippen LogP) is 2.93. The Kier molecular flexibility index (Phi) is 2.89. The lowest BCUT2D eigenvalue weighted by Gasteiger charge is -2.13. The summed E-state index contributed by atoms with van der Waals surface area (Å²) < 4.78 is 8.19. The SMILES string of the molecule is CCOC(=O)C1(c2nc3cc(Br)ccc3n2C)CC1. The van der Waals surface area contributed by atoms with Crippen molar-refractivity contribution in [3.05, 3.63) is 28.5 Å². The largest absolute Gasteiger partial charge is 0.465 e. The van der Waals surface area contributed by atoms with Gasteiger partial charge in [-0.05, 0) is 38.0 Å². The summed E-state index contributed by atoms with van der Waals surface area (Å²) in [6.45, 7) is 2.25. The Morgan fingerprint density at radius 2 is 2.26 bits per heavy atom. The number of benzene rings is 1. The molecule has 1 aliphatic carbocycles. The van der Waals surface area contributed by atoms with Crippen molar-refractivity contribution >= 4 is 32.9 Å². The average Bonchev–Trinajstić information content (AvgIpc) is 3.11. The fourth-order valence-corrected chi connectivity index (χ4v) is 2.86. The summed E-state index contributed by atoms with van der Waals surface area (Å²) in [6.07, 6.45) is 1.65. The summed E-state index contributed by atoms with van der Waals surface area (Å²) >= 11 is 3.45. The molecule has 1 heterocycles. The number of hydrogen-bond acceptors (Lipinski definition) is 3. The molecule has 5 heteroatoms. The number of carbonyl (C=O) groups is 1. The lowest BCUT2D eigenvalue weighted by Crippen LogP contribution is -2.26. The van der Waals surface area contributed by atoms with Gasteiger partial charge < -0.3 is 9.30 Å². The van der Waals surface area contributed by atoms with Crippen molar-refractivity contribution in [1.29, 1.82) is 0 Å². The van der Waals surface area contributed by atoms with E-state index >= 15 is 0 Å². The second-order valence-corrected chi connectivity index (χ2v) is 5.85. The normalized spacial score (nSPS) is 16.6. The standard InChI is InChI=1S/C14H15BrN2O2/c1-3-19-13(18)14(6-7-14)12-16-10-8-9(15)4-5-11(10)17(12)2/h4-5,8H,3,6-7H2,1-2H3. The van der Waals surface area contributed by atoms with Gasteiger partial charge in [0.05, 0.1) is 17.6 Å². The van der Waals surface area contributed by atoms with Crippen LogP contribution in [-0.4, -0.2) is 22.1 Å². The van der Waals surface area contributed by atoms with Crippen molar-refractivity contribution in [1.82, 2.24) is 9.55 Å². The number of carbonyl (C=O) groups excluding carboxylic acids is 1. The van der Waals surface area contributed by atoms with Crippen LogP contribution >= 0.6 is 15.9 Å². The molecule has 3 rings (SSSR count). The van der Waals surface area contributed by atoms with Gasteiger partial charge in [-0.1, -0.05) is 15.9 Å². The van der Waals surface area contributed by atoms with Crippen LogP contribution in [0.3, 0.4) is 0 Å². The second kappa shape index (κ2) is 4.34. The number of aryl methyl sites for hydroxylation is 1. The van der Waals surface area contributed by atoms with Crippen LogP contribution < -0.4 is 0 Å². The predicted molar refractivity (Wildman–Crippen MR) is 76.0 cm³/mol. The van der Waals surface area contributed by atoms with Crippen molar-refractivity contribution < 1.29 is 9.53 Å². The number of hydrogen-bond donors (Lipinski definition) is 0. The molecule has 0 spiro atoms. The van der Waals surface area contributed by atoms with Crippen LogP contribution in [0, 0.1) is 0 Å². The molecule has 2 aromatic rings. The summed E-state index contributed by atoms with van der Waals surface area (Å²) in [5, 5.41) is 0. The number of esters is 1. The zero-order chi connectivity index (χ0) is 13.6. The maximum atomic E-state index is 12.1. The number of halogens is 1. The van der Waals surface area contributed by atoms with Gasteiger partial charge in [-0.25, -0.2) is 4.98 Å². The fraction of sp³-hybridized carbons (Fsp3) is 0.429. The van der Waals surface area contributed by atoms with Gasteiger partial charge in [0.15, 0.2) is 0 Å². The number of fused-ring (bicyclic) bond motifs is 1. The van der Waals surface area contributed by atoms with Crippen LogP contribution in [0.15, 0.2) is 22.7 Å². The number of nitrogens with zero attached hydrogens (tertiary/aromatic N) is 2. The van der Waals surface area contributed by atoms with E-state index in [-0.39, 0.29) is 5.97 Å². The minimum absolute atomic E-state index is 0.146. The Morgan fingerprint density at radius 3 is 2.89 bits per heavy atom. The van der Waals surface area contributed by atoms with E-state index in [0.29, 0.717) is 6.61 Å². The third-order valence-electron chi connectivity index (χ3n) is 3.69. The fourth-order valence-electron chi connectivity index (χ4n) is 2.51. The maximum Gasteiger partial charge on any atom is 0.319 e. The molecule has 0 atom stereocenters. The molecule has 0 aliphatic heterocycles. The average molecular weight is 323 g/mol. The molecule has 4 nitrogen and oxygen atoms in total. The molecule has 0 amide bonds. The Morgan fingerprint density at radius 1 is 1.53 bits per heavy atom. The lowest BCUT2D eigenvalue weighted by atomic mass is 10.1. The number of imidazole rings is 1. The number of ether oxygens (including phenoxy) is 1.